The molecule has 0 spiro atoms. The zero-order chi connectivity index (χ0) is 38.1. The summed E-state index contributed by atoms with van der Waals surface area (Å²) < 4.78 is 43.7. The van der Waals surface area contributed by atoms with Crippen LogP contribution in [0.2, 0.25) is 5.02 Å². The zero-order valence-electron chi connectivity index (χ0n) is 31.0. The molecule has 2 aromatic carbocycles. The van der Waals surface area contributed by atoms with Crippen LogP contribution in [0.1, 0.15) is 39.0 Å². The van der Waals surface area contributed by atoms with Crippen molar-refractivity contribution in [3.8, 4) is 23.3 Å². The van der Waals surface area contributed by atoms with E-state index < -0.39 is 23.6 Å². The van der Waals surface area contributed by atoms with Crippen LogP contribution < -0.4 is 9.64 Å². The van der Waals surface area contributed by atoms with Gasteiger partial charge in [0, 0.05) is 87.1 Å². The molecule has 6 heterocycles. The van der Waals surface area contributed by atoms with Crippen molar-refractivity contribution in [2.24, 2.45) is 0 Å². The summed E-state index contributed by atoms with van der Waals surface area (Å²) in [5, 5.41) is 12.2. The Balaban J connectivity index is 1.10. The van der Waals surface area contributed by atoms with Crippen molar-refractivity contribution < 1.29 is 23.0 Å². The largest absolute Gasteiger partial charge is 0.461 e. The molecule has 2 aromatic heterocycles. The molecular weight excluding hydrogens is 726 g/mol. The molecule has 0 saturated carbocycles. The Bertz CT molecular complexity index is 2150. The zero-order valence-corrected chi connectivity index (χ0v) is 31.7. The molecule has 288 valence electrons. The third-order valence-corrected chi connectivity index (χ3v) is 11.9. The number of nitriles is 1. The predicted octanol–water partition coefficient (Wildman–Crippen LogP) is 6.19. The Morgan fingerprint density at radius 2 is 1.98 bits per heavy atom. The molecule has 8 rings (SSSR count). The molecule has 0 unspecified atom stereocenters. The number of carbonyl (C=O) groups excluding carboxylic acids is 1. The van der Waals surface area contributed by atoms with Gasteiger partial charge in [0.25, 0.3) is 0 Å². The van der Waals surface area contributed by atoms with E-state index in [1.165, 1.54) is 0 Å². The molecule has 11 nitrogen and oxygen atoms in total. The van der Waals surface area contributed by atoms with Gasteiger partial charge in [-0.3, -0.25) is 19.6 Å². The van der Waals surface area contributed by atoms with Crippen LogP contribution in [0.3, 0.4) is 0 Å². The van der Waals surface area contributed by atoms with Gasteiger partial charge in [0.1, 0.15) is 29.8 Å². The van der Waals surface area contributed by atoms with Crippen LogP contribution in [0, 0.1) is 17.1 Å². The number of likely N-dealkylation sites (tertiary alicyclic amines) is 1. The average Bonchev–Trinajstić information content (AvgIpc) is 3.88. The van der Waals surface area contributed by atoms with Crippen LogP contribution in [-0.2, 0) is 9.53 Å². The van der Waals surface area contributed by atoms with Crippen molar-refractivity contribution in [3.05, 3.63) is 65.6 Å². The molecule has 1 amide bonds. The summed E-state index contributed by atoms with van der Waals surface area (Å²) in [5.74, 6) is -0.416. The second-order valence-corrected chi connectivity index (χ2v) is 15.4. The van der Waals surface area contributed by atoms with Crippen molar-refractivity contribution in [1.29, 1.82) is 5.26 Å². The highest BCUT2D eigenvalue weighted by atomic mass is 35.5. The number of amides is 1. The van der Waals surface area contributed by atoms with Crippen molar-refractivity contribution in [3.63, 3.8) is 0 Å². The summed E-state index contributed by atoms with van der Waals surface area (Å²) in [6.45, 7) is 7.40. The molecule has 4 aromatic rings. The number of anilines is 1. The van der Waals surface area contributed by atoms with E-state index in [0.717, 1.165) is 44.3 Å². The third-order valence-electron chi connectivity index (χ3n) is 11.6. The molecule has 4 saturated heterocycles. The Kier molecular flexibility index (Phi) is 10.9. The van der Waals surface area contributed by atoms with E-state index in [4.69, 9.17) is 26.1 Å². The highest BCUT2D eigenvalue weighted by molar-refractivity contribution is 6.36. The quantitative estimate of drug-likeness (QED) is 0.164. The van der Waals surface area contributed by atoms with Crippen molar-refractivity contribution in [2.75, 3.05) is 70.5 Å². The Labute approximate surface area is 324 Å². The van der Waals surface area contributed by atoms with Gasteiger partial charge in [-0.05, 0) is 44.2 Å². The summed E-state index contributed by atoms with van der Waals surface area (Å²) in [7, 11) is 0. The van der Waals surface area contributed by atoms with Crippen LogP contribution in [0.5, 0.6) is 6.01 Å². The SMILES string of the molecule is CCO[C@@H]1CCN(C/C=C/C(=O)N2CCN(c3nc(OC[C@@]45CCCN4C[C@H](F)C5)nc4c(F)c(-c5cccc6cccc(Cl)c56)ncc34)C[C@@H]2CC#N)C1. The molecule has 4 aliphatic heterocycles. The Morgan fingerprint density at radius 1 is 1.13 bits per heavy atom. The number of pyridine rings is 1. The van der Waals surface area contributed by atoms with Gasteiger partial charge in [0.2, 0.25) is 5.91 Å². The number of piperazine rings is 1. The van der Waals surface area contributed by atoms with E-state index in [2.05, 4.69) is 25.8 Å². The third kappa shape index (κ3) is 7.45. The average molecular weight is 771 g/mol. The van der Waals surface area contributed by atoms with Crippen molar-refractivity contribution in [2.45, 2.75) is 62.9 Å². The first-order valence-electron chi connectivity index (χ1n) is 19.3. The standard InChI is InChI=1S/C41H45ClF2N8O3/c1-2-54-30-13-18-49(25-30)16-5-11-34(53)52-20-19-50(24-29(52)12-15-45)39-32-22-46-37(31-9-3-7-27-8-4-10-33(42)35(27)31)36(44)38(32)47-40(48-39)55-26-41-14-6-17-51(41)23-28(43)21-41/h3-5,7-11,22,28-30H,2,6,12-14,16-21,23-26H2,1H3/b11-5+/t28-,29+,30-,41+/m1/s1. The molecule has 55 heavy (non-hydrogen) atoms. The monoisotopic (exact) mass is 770 g/mol. The normalized spacial score (nSPS) is 24.7. The number of ether oxygens (including phenoxy) is 2. The van der Waals surface area contributed by atoms with E-state index >= 15 is 4.39 Å². The fourth-order valence-corrected chi connectivity index (χ4v) is 9.29. The first kappa shape index (κ1) is 37.4. The number of nitrogens with zero attached hydrogens (tertiary/aromatic N) is 8. The van der Waals surface area contributed by atoms with E-state index in [1.807, 2.05) is 42.2 Å². The summed E-state index contributed by atoms with van der Waals surface area (Å²) in [6.07, 6.45) is 7.51. The fourth-order valence-electron chi connectivity index (χ4n) is 9.01. The lowest BCUT2D eigenvalue weighted by atomic mass is 9.95. The van der Waals surface area contributed by atoms with Crippen LogP contribution in [0.25, 0.3) is 32.9 Å². The second kappa shape index (κ2) is 15.9. The van der Waals surface area contributed by atoms with E-state index in [9.17, 15) is 14.4 Å². The summed E-state index contributed by atoms with van der Waals surface area (Å²) in [6, 6.07) is 12.8. The second-order valence-electron chi connectivity index (χ2n) is 15.0. The summed E-state index contributed by atoms with van der Waals surface area (Å²) in [5.41, 5.74) is 0.178. The molecule has 0 bridgehead atoms. The molecule has 4 aliphatic rings. The van der Waals surface area contributed by atoms with Crippen LogP contribution in [0.15, 0.2) is 54.7 Å². The number of fused-ring (bicyclic) bond motifs is 3. The first-order chi connectivity index (χ1) is 26.8. The summed E-state index contributed by atoms with van der Waals surface area (Å²) >= 11 is 6.64. The number of rotatable bonds is 11. The van der Waals surface area contributed by atoms with Gasteiger partial charge in [-0.15, -0.1) is 0 Å². The van der Waals surface area contributed by atoms with Gasteiger partial charge in [0.05, 0.1) is 35.6 Å². The van der Waals surface area contributed by atoms with E-state index in [1.54, 1.807) is 29.3 Å². The lowest BCUT2D eigenvalue weighted by Crippen LogP contribution is -2.55. The molecule has 0 radical (unpaired) electrons. The number of halogens is 3. The first-order valence-corrected chi connectivity index (χ1v) is 19.6. The van der Waals surface area contributed by atoms with Gasteiger partial charge in [0.15, 0.2) is 5.82 Å². The predicted molar refractivity (Wildman–Crippen MR) is 207 cm³/mol. The highest BCUT2D eigenvalue weighted by Gasteiger charge is 2.49. The molecule has 4 fully saturated rings. The maximum absolute atomic E-state index is 17.0. The fraction of sp³-hybridized carbons (Fsp3) is 0.488. The lowest BCUT2D eigenvalue weighted by Gasteiger charge is -2.41. The van der Waals surface area contributed by atoms with Crippen molar-refractivity contribution in [1.82, 2.24) is 29.7 Å². The maximum Gasteiger partial charge on any atom is 0.319 e. The van der Waals surface area contributed by atoms with Crippen molar-refractivity contribution >= 4 is 45.0 Å². The van der Waals surface area contributed by atoms with Gasteiger partial charge in [-0.1, -0.05) is 48.0 Å². The number of hydrogen-bond donors (Lipinski definition) is 0. The number of aromatic nitrogens is 3. The smallest absolute Gasteiger partial charge is 0.319 e. The Morgan fingerprint density at radius 3 is 2.82 bits per heavy atom. The topological polar surface area (TPSA) is 111 Å². The molecule has 0 N–H and O–H groups in total. The molecule has 0 aliphatic carbocycles. The van der Waals surface area contributed by atoms with Gasteiger partial charge in [-0.2, -0.15) is 15.2 Å². The van der Waals surface area contributed by atoms with E-state index in [0.29, 0.717) is 66.4 Å². The highest BCUT2D eigenvalue weighted by Crippen LogP contribution is 2.41. The molecule has 14 heteroatoms. The van der Waals surface area contributed by atoms with Crippen LogP contribution >= 0.6 is 11.6 Å². The van der Waals surface area contributed by atoms with E-state index in [-0.39, 0.29) is 48.8 Å². The number of carbonyl (C=O) groups is 1. The summed E-state index contributed by atoms with van der Waals surface area (Å²) in [4.78, 5) is 35.7. The number of hydrogen-bond acceptors (Lipinski definition) is 10. The molecular formula is C41H45ClF2N8O3. The van der Waals surface area contributed by atoms with Gasteiger partial charge < -0.3 is 19.3 Å². The Hall–Kier alpha value is -4.48. The minimum Gasteiger partial charge on any atom is -0.461 e. The minimum atomic E-state index is -0.936. The number of alkyl halides is 1. The maximum atomic E-state index is 17.0. The minimum absolute atomic E-state index is 0.0233. The number of benzene rings is 2. The van der Waals surface area contributed by atoms with Crippen LogP contribution in [-0.4, -0.2) is 125 Å². The van der Waals surface area contributed by atoms with Gasteiger partial charge >= 0.3 is 6.01 Å². The molecule has 4 atom stereocenters. The lowest BCUT2D eigenvalue weighted by molar-refractivity contribution is -0.128. The van der Waals surface area contributed by atoms with Gasteiger partial charge in [-0.25, -0.2) is 8.78 Å². The van der Waals surface area contributed by atoms with Crippen LogP contribution in [0.4, 0.5) is 14.6 Å².